The number of imide groups is 1. The Hall–Kier alpha value is -7.01. The maximum Gasteiger partial charge on any atom is 0.416 e. The number of carboxylic acid groups (broad SMARTS) is 1. The second-order valence-corrected chi connectivity index (χ2v) is 22.2. The van der Waals surface area contributed by atoms with E-state index in [-0.39, 0.29) is 81.2 Å². The first-order chi connectivity index (χ1) is 43.7. The number of alkyl halides is 3. The lowest BCUT2D eigenvalue weighted by atomic mass is 10.00. The van der Waals surface area contributed by atoms with Gasteiger partial charge in [0.2, 0.25) is 17.7 Å². The summed E-state index contributed by atoms with van der Waals surface area (Å²) in [5, 5.41) is 13.5. The highest BCUT2D eigenvalue weighted by atomic mass is 19.4. The molecule has 1 atom stereocenters. The number of Topliss-reactive ketones (excluding diaryl/α,β-unsaturated/α-hetero) is 1. The molecule has 4 amide bonds. The van der Waals surface area contributed by atoms with E-state index < -0.39 is 29.7 Å². The molecule has 0 saturated carbocycles. The van der Waals surface area contributed by atoms with Gasteiger partial charge in [0.05, 0.1) is 89.6 Å². The number of fused-ring (bicyclic) bond motifs is 1. The number of ether oxygens (including phenoxy) is 9. The number of nitrogens with two attached hydrogens (primary N) is 1. The fourth-order valence-electron chi connectivity index (χ4n) is 9.56. The number of anilines is 2. The molecule has 5 heterocycles. The number of aryl methyl sites for hydroxylation is 2. The van der Waals surface area contributed by atoms with Gasteiger partial charge in [0.25, 0.3) is 11.8 Å². The van der Waals surface area contributed by atoms with Crippen LogP contribution in [0.15, 0.2) is 67.0 Å². The van der Waals surface area contributed by atoms with Gasteiger partial charge in [-0.1, -0.05) is 32.0 Å². The van der Waals surface area contributed by atoms with E-state index in [0.29, 0.717) is 132 Å². The van der Waals surface area contributed by atoms with E-state index in [4.69, 9.17) is 53.5 Å². The normalized spacial score (nSPS) is 14.8. The number of benzene rings is 2. The Morgan fingerprint density at radius 3 is 2.15 bits per heavy atom. The van der Waals surface area contributed by atoms with E-state index in [1.807, 2.05) is 32.0 Å². The standard InChI is InChI=1S/C29H31F3N4O7.C18H23N3O4.C18H36O5/c1-19-24(15-23(17-33-19)35-27(39)20-3-2-4-22(13-20)29(30,31)32)21-14-25(36-5-7-40-8-6-36)28(34-16-21)43-12-11-41-9-10-42-18-26(37)38;19-8-10-25-9-2-4-12-3-1-5-13-14(12)11-21(18(13)24)15-6-7-16(22)20-17(15)23;1-16(2)7-5-9-20-10-6-8-18(19)15-22-12-11-21-13-14-23-17(3)4/h2-4,13-17H,5-12,18H2,1H3,(H,35,39)(H,37,38);1,3,5,15H,2,4,6-11,19H2,(H,20,22,23);16-17H,5-15H2,1-4H3. The van der Waals surface area contributed by atoms with Gasteiger partial charge in [-0.3, -0.25) is 34.3 Å². The van der Waals surface area contributed by atoms with Gasteiger partial charge < -0.3 is 68.6 Å². The highest BCUT2D eigenvalue weighted by Gasteiger charge is 2.40. The quantitative estimate of drug-likeness (QED) is 0.0249. The van der Waals surface area contributed by atoms with E-state index in [1.54, 1.807) is 30.2 Å². The van der Waals surface area contributed by atoms with Gasteiger partial charge in [0, 0.05) is 93.0 Å². The second-order valence-electron chi connectivity index (χ2n) is 22.2. The SMILES string of the molecule is CC(C)CCCOCCCC(=O)COCCOCCOC(C)C.Cc1ncc(NC(=O)c2cccc(C(F)(F)F)c2)cc1-c1cnc(OCCOCCOCC(=O)O)c(N2CCOCC2)c1.NCCOCCCc1cccc2c1CN(C1CCC(=O)NC1=O)C2=O. The van der Waals surface area contributed by atoms with Gasteiger partial charge >= 0.3 is 12.1 Å². The number of hydrogen-bond acceptors (Lipinski definition) is 19. The van der Waals surface area contributed by atoms with Gasteiger partial charge in [-0.25, -0.2) is 9.78 Å². The van der Waals surface area contributed by atoms with Crippen molar-refractivity contribution < 1.29 is 89.7 Å². The second kappa shape index (κ2) is 40.8. The molecule has 2 fully saturated rings. The summed E-state index contributed by atoms with van der Waals surface area (Å²) in [5.74, 6) is -1.30. The topological polar surface area (TPSA) is 288 Å². The molecule has 0 aliphatic carbocycles. The Labute approximate surface area is 530 Å². The minimum Gasteiger partial charge on any atom is -0.480 e. The first kappa shape index (κ1) is 74.7. The van der Waals surface area contributed by atoms with Crippen LogP contribution in [0.2, 0.25) is 0 Å². The number of aromatic nitrogens is 2. The third-order valence-electron chi connectivity index (χ3n) is 14.2. The van der Waals surface area contributed by atoms with Crippen LogP contribution in [-0.4, -0.2) is 193 Å². The monoisotopic (exact) mass is 1280 g/mol. The molecule has 0 spiro atoms. The number of carboxylic acids is 1. The Bertz CT molecular complexity index is 2910. The number of nitrogens with zero attached hydrogens (tertiary/aromatic N) is 4. The predicted molar refractivity (Wildman–Crippen MR) is 332 cm³/mol. The summed E-state index contributed by atoms with van der Waals surface area (Å²) in [6, 6.07) is 12.9. The van der Waals surface area contributed by atoms with E-state index in [1.165, 1.54) is 24.8 Å². The number of halogens is 3. The first-order valence-electron chi connectivity index (χ1n) is 30.9. The highest BCUT2D eigenvalue weighted by molar-refractivity contribution is 6.06. The average Bonchev–Trinajstić information content (AvgIpc) is 1.71. The zero-order valence-electron chi connectivity index (χ0n) is 53.0. The van der Waals surface area contributed by atoms with Crippen LogP contribution in [0.25, 0.3) is 11.1 Å². The van der Waals surface area contributed by atoms with Crippen LogP contribution in [0.4, 0.5) is 24.5 Å². The smallest absolute Gasteiger partial charge is 0.416 e. The zero-order chi connectivity index (χ0) is 66.0. The van der Waals surface area contributed by atoms with Crippen molar-refractivity contribution >= 4 is 46.8 Å². The molecule has 0 radical (unpaired) electrons. The van der Waals surface area contributed by atoms with Gasteiger partial charge in [-0.2, -0.15) is 13.2 Å². The maximum atomic E-state index is 13.1. The van der Waals surface area contributed by atoms with Crippen molar-refractivity contribution in [3.05, 3.63) is 101 Å². The number of pyridine rings is 2. The number of nitrogens with one attached hydrogen (secondary N) is 2. The van der Waals surface area contributed by atoms with E-state index in [9.17, 15) is 41.9 Å². The maximum absolute atomic E-state index is 13.1. The first-order valence-corrected chi connectivity index (χ1v) is 30.9. The van der Waals surface area contributed by atoms with Crippen LogP contribution in [0.3, 0.4) is 0 Å². The number of carbonyl (C=O) groups is 6. The highest BCUT2D eigenvalue weighted by Crippen LogP contribution is 2.35. The number of carbonyl (C=O) groups excluding carboxylic acids is 5. The van der Waals surface area contributed by atoms with Crippen molar-refractivity contribution in [2.75, 3.05) is 136 Å². The van der Waals surface area contributed by atoms with Crippen molar-refractivity contribution in [1.82, 2.24) is 20.2 Å². The van der Waals surface area contributed by atoms with Crippen molar-refractivity contribution in [1.29, 1.82) is 0 Å². The van der Waals surface area contributed by atoms with Crippen LogP contribution >= 0.6 is 0 Å². The molecular formula is C65H90F3N7O16. The molecule has 23 nitrogen and oxygen atoms in total. The van der Waals surface area contributed by atoms with Crippen LogP contribution in [0.5, 0.6) is 5.88 Å². The average molecular weight is 1280 g/mol. The number of amides is 4. The predicted octanol–water partition coefficient (Wildman–Crippen LogP) is 7.66. The third kappa shape index (κ3) is 27.4. The van der Waals surface area contributed by atoms with Crippen LogP contribution < -0.4 is 26.0 Å². The van der Waals surface area contributed by atoms with E-state index in [0.717, 1.165) is 67.2 Å². The van der Waals surface area contributed by atoms with Gasteiger partial charge in [0.15, 0.2) is 5.78 Å². The lowest BCUT2D eigenvalue weighted by Gasteiger charge is -2.30. The molecule has 1 unspecified atom stereocenters. The Morgan fingerprint density at radius 1 is 0.780 bits per heavy atom. The summed E-state index contributed by atoms with van der Waals surface area (Å²) >= 11 is 0. The molecule has 4 aromatic rings. The van der Waals surface area contributed by atoms with Crippen LogP contribution in [-0.2, 0) is 76.2 Å². The Kier molecular flexibility index (Phi) is 33.5. The summed E-state index contributed by atoms with van der Waals surface area (Å²) in [6.07, 6.45) is 4.60. The lowest BCUT2D eigenvalue weighted by molar-refractivity contribution is -0.143. The minimum atomic E-state index is -4.57. The van der Waals surface area contributed by atoms with E-state index >= 15 is 0 Å². The molecule has 3 aliphatic rings. The summed E-state index contributed by atoms with van der Waals surface area (Å²) in [5.41, 5.74) is 10.1. The number of ketones is 1. The van der Waals surface area contributed by atoms with Gasteiger partial charge in [0.1, 0.15) is 31.5 Å². The number of aliphatic carboxylic acids is 1. The molecule has 0 bridgehead atoms. The van der Waals surface area contributed by atoms with Crippen LogP contribution in [0, 0.1) is 12.8 Å². The van der Waals surface area contributed by atoms with Crippen molar-refractivity contribution in [2.45, 2.75) is 111 Å². The molecule has 7 rings (SSSR count). The van der Waals surface area contributed by atoms with E-state index in [2.05, 4.69) is 39.3 Å². The zero-order valence-corrected chi connectivity index (χ0v) is 53.0. The summed E-state index contributed by atoms with van der Waals surface area (Å²) in [4.78, 5) is 83.5. The molecule has 502 valence electrons. The summed E-state index contributed by atoms with van der Waals surface area (Å²) < 4.78 is 88.0. The van der Waals surface area contributed by atoms with Crippen molar-refractivity contribution in [3.63, 3.8) is 0 Å². The molecule has 2 aromatic carbocycles. The largest absolute Gasteiger partial charge is 0.480 e. The molecule has 5 N–H and O–H groups in total. The molecule has 91 heavy (non-hydrogen) atoms. The van der Waals surface area contributed by atoms with Crippen molar-refractivity contribution in [3.8, 4) is 17.0 Å². The number of morpholine rings is 1. The summed E-state index contributed by atoms with van der Waals surface area (Å²) in [7, 11) is 0. The molecular weight excluding hydrogens is 1190 g/mol. The molecule has 2 aromatic heterocycles. The fourth-order valence-corrected chi connectivity index (χ4v) is 9.56. The fraction of sp³-hybridized carbons (Fsp3) is 0.569. The molecule has 26 heteroatoms. The summed E-state index contributed by atoms with van der Waals surface area (Å²) in [6.45, 7) is 18.7. The number of hydrogen-bond donors (Lipinski definition) is 4. The van der Waals surface area contributed by atoms with Gasteiger partial charge in [-0.05, 0) is 113 Å². The molecule has 2 saturated heterocycles. The Balaban J connectivity index is 0.000000268. The Morgan fingerprint density at radius 2 is 1.45 bits per heavy atom. The number of rotatable bonds is 37. The lowest BCUT2D eigenvalue weighted by Crippen LogP contribution is -2.52. The number of piperidine rings is 1. The molecule has 3 aliphatic heterocycles. The van der Waals surface area contributed by atoms with Crippen LogP contribution in [0.1, 0.15) is 116 Å². The minimum absolute atomic E-state index is 0.124. The third-order valence-corrected chi connectivity index (χ3v) is 14.2. The van der Waals surface area contributed by atoms with Gasteiger partial charge in [-0.15, -0.1) is 0 Å². The van der Waals surface area contributed by atoms with Crippen molar-refractivity contribution in [2.24, 2.45) is 11.7 Å².